The first-order valence-electron chi connectivity index (χ1n) is 7.11. The fourth-order valence-corrected chi connectivity index (χ4v) is 3.28. The molecule has 106 valence electrons. The Bertz CT molecular complexity index is 414. The lowest BCUT2D eigenvalue weighted by Crippen LogP contribution is -2.30. The van der Waals surface area contributed by atoms with Gasteiger partial charge in [0, 0.05) is 18.8 Å². The molecule has 5 heteroatoms. The lowest BCUT2D eigenvalue weighted by molar-refractivity contribution is 0.280. The van der Waals surface area contributed by atoms with Gasteiger partial charge in [0.25, 0.3) is 0 Å². The van der Waals surface area contributed by atoms with Gasteiger partial charge in [-0.05, 0) is 54.0 Å². The van der Waals surface area contributed by atoms with E-state index < -0.39 is 0 Å². The molecular weight excluding hydrogens is 304 g/mol. The second kappa shape index (κ2) is 6.55. The molecule has 0 amide bonds. The van der Waals surface area contributed by atoms with E-state index in [9.17, 15) is 0 Å². The quantitative estimate of drug-likeness (QED) is 0.880. The first-order valence-corrected chi connectivity index (χ1v) is 7.90. The summed E-state index contributed by atoms with van der Waals surface area (Å²) in [5, 5.41) is 6.72. The molecule has 1 aliphatic carbocycles. The van der Waals surface area contributed by atoms with E-state index in [1.807, 2.05) is 13.1 Å². The molecule has 1 aromatic rings. The van der Waals surface area contributed by atoms with Crippen LogP contribution in [0, 0.1) is 11.8 Å². The molecular formula is C14H23BrN4. The van der Waals surface area contributed by atoms with Crippen LogP contribution in [0.5, 0.6) is 0 Å². The van der Waals surface area contributed by atoms with Gasteiger partial charge in [0.05, 0.1) is 4.47 Å². The van der Waals surface area contributed by atoms with Crippen molar-refractivity contribution in [1.29, 1.82) is 0 Å². The fourth-order valence-electron chi connectivity index (χ4n) is 2.97. The van der Waals surface area contributed by atoms with Crippen LogP contribution >= 0.6 is 15.9 Å². The number of hydrogen-bond acceptors (Lipinski definition) is 4. The zero-order valence-electron chi connectivity index (χ0n) is 11.9. The molecule has 0 bridgehead atoms. The second-order valence-electron chi connectivity index (χ2n) is 5.68. The predicted molar refractivity (Wildman–Crippen MR) is 83.5 cm³/mol. The number of halogens is 1. The summed E-state index contributed by atoms with van der Waals surface area (Å²) in [7, 11) is 0. The first kappa shape index (κ1) is 14.6. The summed E-state index contributed by atoms with van der Waals surface area (Å²) >= 11 is 3.52. The van der Waals surface area contributed by atoms with Crippen LogP contribution in [0.3, 0.4) is 0 Å². The van der Waals surface area contributed by atoms with Crippen molar-refractivity contribution in [2.45, 2.75) is 46.1 Å². The molecule has 19 heavy (non-hydrogen) atoms. The Morgan fingerprint density at radius 3 is 2.58 bits per heavy atom. The normalized spacial score (nSPS) is 27.1. The molecule has 0 saturated heterocycles. The Labute approximate surface area is 123 Å². The minimum atomic E-state index is 0.513. The fraction of sp³-hybridized carbons (Fsp3) is 0.714. The van der Waals surface area contributed by atoms with Crippen molar-refractivity contribution in [3.05, 3.63) is 10.7 Å². The van der Waals surface area contributed by atoms with Gasteiger partial charge in [0.15, 0.2) is 0 Å². The van der Waals surface area contributed by atoms with E-state index in [1.54, 1.807) is 0 Å². The SMILES string of the molecule is CCNc1ncc(Br)c(NC2CC(C)CC(C)C2)n1. The molecule has 0 radical (unpaired) electrons. The third-order valence-corrected chi connectivity index (χ3v) is 4.18. The first-order chi connectivity index (χ1) is 9.08. The van der Waals surface area contributed by atoms with E-state index in [2.05, 4.69) is 50.4 Å². The topological polar surface area (TPSA) is 49.8 Å². The highest BCUT2D eigenvalue weighted by atomic mass is 79.9. The van der Waals surface area contributed by atoms with Crippen LogP contribution in [0.15, 0.2) is 10.7 Å². The van der Waals surface area contributed by atoms with Gasteiger partial charge in [-0.1, -0.05) is 13.8 Å². The van der Waals surface area contributed by atoms with Gasteiger partial charge in [-0.15, -0.1) is 0 Å². The van der Waals surface area contributed by atoms with Crippen LogP contribution < -0.4 is 10.6 Å². The molecule has 2 rings (SSSR count). The Balaban J connectivity index is 2.07. The van der Waals surface area contributed by atoms with Crippen molar-refractivity contribution in [2.24, 2.45) is 11.8 Å². The standard InChI is InChI=1S/C14H23BrN4/c1-4-16-14-17-8-12(15)13(19-14)18-11-6-9(2)5-10(3)7-11/h8-11H,4-7H2,1-3H3,(H2,16,17,18,19). The van der Waals surface area contributed by atoms with Crippen LogP contribution in [0.4, 0.5) is 11.8 Å². The molecule has 4 nitrogen and oxygen atoms in total. The van der Waals surface area contributed by atoms with Crippen LogP contribution in [0.25, 0.3) is 0 Å². The van der Waals surface area contributed by atoms with E-state index in [1.165, 1.54) is 19.3 Å². The average Bonchev–Trinajstić information content (AvgIpc) is 2.32. The molecule has 2 N–H and O–H groups in total. The Morgan fingerprint density at radius 2 is 1.95 bits per heavy atom. The second-order valence-corrected chi connectivity index (χ2v) is 6.53. The number of aromatic nitrogens is 2. The Kier molecular flexibility index (Phi) is 5.02. The van der Waals surface area contributed by atoms with Crippen molar-refractivity contribution < 1.29 is 0 Å². The third kappa shape index (κ3) is 4.06. The maximum atomic E-state index is 4.53. The van der Waals surface area contributed by atoms with Gasteiger partial charge in [0.2, 0.25) is 5.95 Å². The number of nitrogens with one attached hydrogen (secondary N) is 2. The van der Waals surface area contributed by atoms with Gasteiger partial charge >= 0.3 is 0 Å². The van der Waals surface area contributed by atoms with Crippen LogP contribution in [0.1, 0.15) is 40.0 Å². The maximum absolute atomic E-state index is 4.53. The highest BCUT2D eigenvalue weighted by molar-refractivity contribution is 9.10. The zero-order valence-corrected chi connectivity index (χ0v) is 13.5. The van der Waals surface area contributed by atoms with Crippen LogP contribution in [-0.2, 0) is 0 Å². The minimum Gasteiger partial charge on any atom is -0.366 e. The van der Waals surface area contributed by atoms with E-state index in [0.717, 1.165) is 28.7 Å². The lowest BCUT2D eigenvalue weighted by atomic mass is 9.80. The lowest BCUT2D eigenvalue weighted by Gasteiger charge is -2.32. The van der Waals surface area contributed by atoms with E-state index >= 15 is 0 Å². The molecule has 2 atom stereocenters. The summed E-state index contributed by atoms with van der Waals surface area (Å²) in [6.07, 6.45) is 5.59. The van der Waals surface area contributed by atoms with Crippen molar-refractivity contribution >= 4 is 27.7 Å². The highest BCUT2D eigenvalue weighted by Gasteiger charge is 2.24. The molecule has 0 aromatic carbocycles. The minimum absolute atomic E-state index is 0.513. The van der Waals surface area contributed by atoms with Crippen molar-refractivity contribution in [3.8, 4) is 0 Å². The number of anilines is 2. The Morgan fingerprint density at radius 1 is 1.26 bits per heavy atom. The number of hydrogen-bond donors (Lipinski definition) is 2. The van der Waals surface area contributed by atoms with Gasteiger partial charge in [-0.3, -0.25) is 0 Å². The molecule has 0 aliphatic heterocycles. The molecule has 1 saturated carbocycles. The van der Waals surface area contributed by atoms with Gasteiger partial charge in [-0.2, -0.15) is 4.98 Å². The van der Waals surface area contributed by atoms with Gasteiger partial charge in [0.1, 0.15) is 5.82 Å². The summed E-state index contributed by atoms with van der Waals surface area (Å²) in [6, 6.07) is 0.513. The summed E-state index contributed by atoms with van der Waals surface area (Å²) in [4.78, 5) is 8.77. The molecule has 1 aliphatic rings. The Hall–Kier alpha value is -0.840. The average molecular weight is 327 g/mol. The molecule has 1 heterocycles. The predicted octanol–water partition coefficient (Wildman–Crippen LogP) is 3.91. The van der Waals surface area contributed by atoms with E-state index in [4.69, 9.17) is 0 Å². The summed E-state index contributed by atoms with van der Waals surface area (Å²) in [5.41, 5.74) is 0. The van der Waals surface area contributed by atoms with Gasteiger partial charge in [-0.25, -0.2) is 4.98 Å². The van der Waals surface area contributed by atoms with E-state index in [0.29, 0.717) is 12.0 Å². The summed E-state index contributed by atoms with van der Waals surface area (Å²) in [6.45, 7) is 7.55. The van der Waals surface area contributed by atoms with Crippen LogP contribution in [0.2, 0.25) is 0 Å². The van der Waals surface area contributed by atoms with Crippen molar-refractivity contribution in [2.75, 3.05) is 17.2 Å². The molecule has 2 unspecified atom stereocenters. The number of nitrogens with zero attached hydrogens (tertiary/aromatic N) is 2. The van der Waals surface area contributed by atoms with Crippen molar-refractivity contribution in [3.63, 3.8) is 0 Å². The maximum Gasteiger partial charge on any atom is 0.224 e. The van der Waals surface area contributed by atoms with Crippen molar-refractivity contribution in [1.82, 2.24) is 9.97 Å². The smallest absolute Gasteiger partial charge is 0.224 e. The summed E-state index contributed by atoms with van der Waals surface area (Å²) < 4.78 is 0.931. The van der Waals surface area contributed by atoms with Crippen LogP contribution in [-0.4, -0.2) is 22.6 Å². The number of rotatable bonds is 4. The third-order valence-electron chi connectivity index (χ3n) is 3.60. The van der Waals surface area contributed by atoms with E-state index in [-0.39, 0.29) is 0 Å². The molecule has 0 spiro atoms. The van der Waals surface area contributed by atoms with Gasteiger partial charge < -0.3 is 10.6 Å². The monoisotopic (exact) mass is 326 g/mol. The molecule has 1 fully saturated rings. The zero-order chi connectivity index (χ0) is 13.8. The molecule has 1 aromatic heterocycles. The highest BCUT2D eigenvalue weighted by Crippen LogP contribution is 2.31. The largest absolute Gasteiger partial charge is 0.366 e. The summed E-state index contributed by atoms with van der Waals surface area (Å²) in [5.74, 6) is 3.16.